The number of nitrogens with zero attached hydrogens (tertiary/aromatic N) is 3. The minimum absolute atomic E-state index is 0.127. The van der Waals surface area contributed by atoms with E-state index in [1.54, 1.807) is 7.11 Å². The Morgan fingerprint density at radius 2 is 1.90 bits per heavy atom. The van der Waals surface area contributed by atoms with E-state index in [4.69, 9.17) is 20.4 Å². The molecule has 2 unspecified atom stereocenters. The lowest BCUT2D eigenvalue weighted by atomic mass is 9.91. The highest BCUT2D eigenvalue weighted by Gasteiger charge is 2.24. The second-order valence-corrected chi connectivity index (χ2v) is 8.29. The number of aromatic amines is 1. The molecule has 1 aromatic carbocycles. The molecule has 2 atom stereocenters. The summed E-state index contributed by atoms with van der Waals surface area (Å²) in [5, 5.41) is 14.6. The molecular weight excluding hydrogens is 378 g/mol. The third-order valence-corrected chi connectivity index (χ3v) is 5.76. The summed E-state index contributed by atoms with van der Waals surface area (Å²) in [5.41, 5.74) is 10.1. The molecule has 8 heteroatoms. The molecule has 0 bridgehead atoms. The molecule has 3 aromatic rings. The third kappa shape index (κ3) is 4.33. The van der Waals surface area contributed by atoms with Crippen LogP contribution in [0.2, 0.25) is 0 Å². The maximum absolute atomic E-state index is 6.33. The molecule has 2 aromatic heterocycles. The van der Waals surface area contributed by atoms with Gasteiger partial charge in [-0.2, -0.15) is 10.1 Å². The van der Waals surface area contributed by atoms with Crippen LogP contribution in [0.25, 0.3) is 11.0 Å². The predicted octanol–water partition coefficient (Wildman–Crippen LogP) is 3.78. The summed E-state index contributed by atoms with van der Waals surface area (Å²) in [6.45, 7) is 4.88. The first-order valence-corrected chi connectivity index (χ1v) is 10.7. The molecule has 0 spiro atoms. The molecule has 0 amide bonds. The van der Waals surface area contributed by atoms with E-state index in [1.807, 2.05) is 24.3 Å². The number of anilines is 2. The van der Waals surface area contributed by atoms with Crippen molar-refractivity contribution in [1.82, 2.24) is 20.2 Å². The lowest BCUT2D eigenvalue weighted by Crippen LogP contribution is -2.43. The second-order valence-electron chi connectivity index (χ2n) is 8.29. The number of H-pyrrole nitrogens is 1. The Morgan fingerprint density at radius 1 is 1.13 bits per heavy atom. The third-order valence-electron chi connectivity index (χ3n) is 5.76. The number of hydrogen-bond donors (Lipinski definition) is 4. The van der Waals surface area contributed by atoms with Crippen LogP contribution in [0, 0.1) is 0 Å². The Balaban J connectivity index is 1.62. The van der Waals surface area contributed by atoms with Crippen LogP contribution in [0.15, 0.2) is 24.3 Å². The van der Waals surface area contributed by atoms with E-state index in [-0.39, 0.29) is 18.0 Å². The van der Waals surface area contributed by atoms with Crippen molar-refractivity contribution in [2.45, 2.75) is 64.1 Å². The van der Waals surface area contributed by atoms with Gasteiger partial charge < -0.3 is 21.1 Å². The summed E-state index contributed by atoms with van der Waals surface area (Å²) in [6, 6.07) is 8.30. The normalized spacial score (nSPS) is 19.2. The van der Waals surface area contributed by atoms with Gasteiger partial charge in [-0.3, -0.25) is 5.10 Å². The maximum atomic E-state index is 6.33. The topological polar surface area (TPSA) is 114 Å². The number of ether oxygens (including phenoxy) is 1. The van der Waals surface area contributed by atoms with Gasteiger partial charge in [-0.1, -0.05) is 38.8 Å². The van der Waals surface area contributed by atoms with Gasteiger partial charge in [0.05, 0.1) is 12.8 Å². The van der Waals surface area contributed by atoms with Crippen molar-refractivity contribution in [2.24, 2.45) is 5.73 Å². The number of rotatable bonds is 7. The van der Waals surface area contributed by atoms with E-state index in [1.165, 1.54) is 12.8 Å². The number of methoxy groups -OCH3 is 1. The molecule has 0 saturated heterocycles. The molecule has 1 fully saturated rings. The highest BCUT2D eigenvalue weighted by atomic mass is 16.5. The summed E-state index contributed by atoms with van der Waals surface area (Å²) in [5.74, 6) is 2.44. The Hall–Kier alpha value is -2.87. The fourth-order valence-corrected chi connectivity index (χ4v) is 3.94. The van der Waals surface area contributed by atoms with Gasteiger partial charge in [-0.05, 0) is 36.5 Å². The SMILES string of the molecule is COc1ccc(CNc2nc(NC3CCCCC3N)nc3c(C(C)C)[nH]nc23)cc1. The summed E-state index contributed by atoms with van der Waals surface area (Å²) < 4.78 is 5.24. The van der Waals surface area contributed by atoms with Crippen molar-refractivity contribution < 1.29 is 4.74 Å². The standard InChI is InChI=1S/C22H31N7O/c1-13(2)18-19-20(29-28-18)21(24-12-14-8-10-15(30-3)11-9-14)27-22(26-19)25-17-7-5-4-6-16(17)23/h8-11,13,16-17H,4-7,12,23H2,1-3H3,(H,28,29)(H2,24,25,26,27). The van der Waals surface area contributed by atoms with Crippen LogP contribution in [0.3, 0.4) is 0 Å². The van der Waals surface area contributed by atoms with Crippen LogP contribution in [0.4, 0.5) is 11.8 Å². The first-order valence-electron chi connectivity index (χ1n) is 10.7. The van der Waals surface area contributed by atoms with E-state index in [0.717, 1.165) is 40.9 Å². The molecule has 160 valence electrons. The fraction of sp³-hybridized carbons (Fsp3) is 0.500. The van der Waals surface area contributed by atoms with Gasteiger partial charge in [0.15, 0.2) is 11.3 Å². The van der Waals surface area contributed by atoms with Crippen molar-refractivity contribution in [3.8, 4) is 5.75 Å². The molecule has 30 heavy (non-hydrogen) atoms. The van der Waals surface area contributed by atoms with Gasteiger partial charge in [-0.25, -0.2) is 4.98 Å². The predicted molar refractivity (Wildman–Crippen MR) is 120 cm³/mol. The summed E-state index contributed by atoms with van der Waals surface area (Å²) in [7, 11) is 1.67. The molecule has 0 radical (unpaired) electrons. The Kier molecular flexibility index (Phi) is 6.03. The Bertz CT molecular complexity index is 983. The molecule has 4 rings (SSSR count). The zero-order valence-corrected chi connectivity index (χ0v) is 17.9. The van der Waals surface area contributed by atoms with Gasteiger partial charge in [0.25, 0.3) is 0 Å². The first-order chi connectivity index (χ1) is 14.5. The molecule has 1 aliphatic rings. The van der Waals surface area contributed by atoms with Gasteiger partial charge in [0.2, 0.25) is 5.95 Å². The van der Waals surface area contributed by atoms with E-state index in [9.17, 15) is 0 Å². The monoisotopic (exact) mass is 409 g/mol. The minimum Gasteiger partial charge on any atom is -0.497 e. The number of hydrogen-bond acceptors (Lipinski definition) is 7. The van der Waals surface area contributed by atoms with Crippen molar-refractivity contribution >= 4 is 22.8 Å². The van der Waals surface area contributed by atoms with Crippen molar-refractivity contribution in [3.63, 3.8) is 0 Å². The largest absolute Gasteiger partial charge is 0.497 e. The number of nitrogens with two attached hydrogens (primary N) is 1. The number of benzene rings is 1. The van der Waals surface area contributed by atoms with Crippen LogP contribution in [0.5, 0.6) is 5.75 Å². The molecule has 1 saturated carbocycles. The molecular formula is C22H31N7O. The Labute approximate surface area is 177 Å². The van der Waals surface area contributed by atoms with Crippen LogP contribution < -0.4 is 21.1 Å². The number of aromatic nitrogens is 4. The van der Waals surface area contributed by atoms with E-state index in [2.05, 4.69) is 34.7 Å². The van der Waals surface area contributed by atoms with Gasteiger partial charge in [0.1, 0.15) is 11.3 Å². The Morgan fingerprint density at radius 3 is 2.60 bits per heavy atom. The van der Waals surface area contributed by atoms with Gasteiger partial charge in [-0.15, -0.1) is 0 Å². The molecule has 2 heterocycles. The number of nitrogens with one attached hydrogen (secondary N) is 3. The zero-order chi connectivity index (χ0) is 21.1. The lowest BCUT2D eigenvalue weighted by Gasteiger charge is -2.29. The maximum Gasteiger partial charge on any atom is 0.225 e. The van der Waals surface area contributed by atoms with Crippen molar-refractivity contribution in [2.75, 3.05) is 17.7 Å². The van der Waals surface area contributed by atoms with Gasteiger partial charge in [0, 0.05) is 18.6 Å². The van der Waals surface area contributed by atoms with E-state index < -0.39 is 0 Å². The van der Waals surface area contributed by atoms with Crippen LogP contribution in [-0.2, 0) is 6.54 Å². The van der Waals surface area contributed by atoms with Gasteiger partial charge >= 0.3 is 0 Å². The second kappa shape index (κ2) is 8.87. The highest BCUT2D eigenvalue weighted by molar-refractivity contribution is 5.88. The first kappa shape index (κ1) is 20.4. The summed E-state index contributed by atoms with van der Waals surface area (Å²) in [6.07, 6.45) is 4.44. The van der Waals surface area contributed by atoms with Crippen LogP contribution in [-0.4, -0.2) is 39.4 Å². The quantitative estimate of drug-likeness (QED) is 0.469. The summed E-state index contributed by atoms with van der Waals surface area (Å²) in [4.78, 5) is 9.55. The zero-order valence-electron chi connectivity index (χ0n) is 17.9. The molecule has 0 aliphatic heterocycles. The summed E-state index contributed by atoms with van der Waals surface area (Å²) >= 11 is 0. The lowest BCUT2D eigenvalue weighted by molar-refractivity contribution is 0.402. The smallest absolute Gasteiger partial charge is 0.225 e. The van der Waals surface area contributed by atoms with E-state index in [0.29, 0.717) is 18.3 Å². The average Bonchev–Trinajstić information content (AvgIpc) is 3.18. The molecule has 5 N–H and O–H groups in total. The molecule has 1 aliphatic carbocycles. The van der Waals surface area contributed by atoms with Crippen LogP contribution in [0.1, 0.15) is 56.7 Å². The van der Waals surface area contributed by atoms with Crippen molar-refractivity contribution in [3.05, 3.63) is 35.5 Å². The average molecular weight is 410 g/mol. The fourth-order valence-electron chi connectivity index (χ4n) is 3.94. The number of fused-ring (bicyclic) bond motifs is 1. The minimum atomic E-state index is 0.127. The van der Waals surface area contributed by atoms with Crippen LogP contribution >= 0.6 is 0 Å². The molecule has 8 nitrogen and oxygen atoms in total. The van der Waals surface area contributed by atoms with Crippen molar-refractivity contribution in [1.29, 1.82) is 0 Å². The highest BCUT2D eigenvalue weighted by Crippen LogP contribution is 2.28. The van der Waals surface area contributed by atoms with E-state index >= 15 is 0 Å².